The molecule has 100 valence electrons. The zero-order chi connectivity index (χ0) is 14.2. The number of aromatic nitrogens is 3. The van der Waals surface area contributed by atoms with Gasteiger partial charge < -0.3 is 5.73 Å². The molecule has 1 aromatic heterocycles. The molecule has 2 aromatic rings. The first kappa shape index (κ1) is 12.8. The fraction of sp³-hybridized carbons (Fsp3) is 0.111. The van der Waals surface area contributed by atoms with E-state index in [0.717, 1.165) is 12.1 Å². The Morgan fingerprint density at radius 2 is 2.00 bits per heavy atom. The van der Waals surface area contributed by atoms with Gasteiger partial charge in [0.05, 0.1) is 10.5 Å². The number of nitrogens with two attached hydrogens (primary N) is 1. The maximum absolute atomic E-state index is 12.6. The molecule has 0 amide bonds. The Morgan fingerprint density at radius 3 is 2.47 bits per heavy atom. The molecule has 0 aliphatic carbocycles. The van der Waals surface area contributed by atoms with Gasteiger partial charge in [0.2, 0.25) is 5.95 Å². The van der Waals surface area contributed by atoms with Crippen LogP contribution in [0, 0.1) is 10.1 Å². The SMILES string of the molecule is Nc1n[nH]c(-c2cc([N+](=O)[O-])cc(C(F)(F)F)c2)n1. The number of nitrogen functional groups attached to an aromatic ring is 1. The van der Waals surface area contributed by atoms with E-state index in [2.05, 4.69) is 15.2 Å². The van der Waals surface area contributed by atoms with E-state index in [0.29, 0.717) is 6.07 Å². The number of aromatic amines is 1. The van der Waals surface area contributed by atoms with Crippen LogP contribution in [0.5, 0.6) is 0 Å². The van der Waals surface area contributed by atoms with Gasteiger partial charge in [-0.05, 0) is 6.07 Å². The van der Waals surface area contributed by atoms with Crippen LogP contribution in [0.3, 0.4) is 0 Å². The molecule has 0 radical (unpaired) electrons. The van der Waals surface area contributed by atoms with Gasteiger partial charge in [0.25, 0.3) is 5.69 Å². The summed E-state index contributed by atoms with van der Waals surface area (Å²) in [7, 11) is 0. The van der Waals surface area contributed by atoms with Crippen LogP contribution < -0.4 is 5.73 Å². The lowest BCUT2D eigenvalue weighted by atomic mass is 10.1. The van der Waals surface area contributed by atoms with Crippen LogP contribution in [-0.4, -0.2) is 20.1 Å². The monoisotopic (exact) mass is 273 g/mol. The molecule has 10 heteroatoms. The number of H-pyrrole nitrogens is 1. The number of hydrogen-bond donors (Lipinski definition) is 2. The maximum Gasteiger partial charge on any atom is 0.416 e. The lowest BCUT2D eigenvalue weighted by Gasteiger charge is -2.07. The summed E-state index contributed by atoms with van der Waals surface area (Å²) in [4.78, 5) is 13.3. The highest BCUT2D eigenvalue weighted by Gasteiger charge is 2.33. The molecule has 19 heavy (non-hydrogen) atoms. The second-order valence-electron chi connectivity index (χ2n) is 3.57. The molecule has 0 fully saturated rings. The van der Waals surface area contributed by atoms with Gasteiger partial charge in [-0.15, -0.1) is 5.10 Å². The van der Waals surface area contributed by atoms with Crippen molar-refractivity contribution in [1.29, 1.82) is 0 Å². The van der Waals surface area contributed by atoms with Crippen molar-refractivity contribution in [2.24, 2.45) is 0 Å². The van der Waals surface area contributed by atoms with Crippen molar-refractivity contribution in [2.75, 3.05) is 5.73 Å². The molecule has 7 nitrogen and oxygen atoms in total. The van der Waals surface area contributed by atoms with E-state index in [-0.39, 0.29) is 17.3 Å². The number of benzene rings is 1. The van der Waals surface area contributed by atoms with Crippen molar-refractivity contribution in [1.82, 2.24) is 15.2 Å². The molecule has 0 aliphatic heterocycles. The first-order valence-electron chi connectivity index (χ1n) is 4.82. The van der Waals surface area contributed by atoms with Crippen LogP contribution in [0.1, 0.15) is 5.56 Å². The number of rotatable bonds is 2. The Kier molecular flexibility index (Phi) is 2.85. The summed E-state index contributed by atoms with van der Waals surface area (Å²) in [6, 6.07) is 2.13. The molecule has 0 unspecified atom stereocenters. The van der Waals surface area contributed by atoms with Crippen LogP contribution in [0.15, 0.2) is 18.2 Å². The van der Waals surface area contributed by atoms with Crippen molar-refractivity contribution >= 4 is 11.6 Å². The summed E-state index contributed by atoms with van der Waals surface area (Å²) < 4.78 is 37.9. The predicted octanol–water partition coefficient (Wildman–Crippen LogP) is 1.98. The van der Waals surface area contributed by atoms with E-state index in [9.17, 15) is 23.3 Å². The van der Waals surface area contributed by atoms with Crippen LogP contribution >= 0.6 is 0 Å². The number of non-ortho nitro benzene ring substituents is 1. The third-order valence-electron chi connectivity index (χ3n) is 2.23. The van der Waals surface area contributed by atoms with Crippen LogP contribution in [0.2, 0.25) is 0 Å². The summed E-state index contributed by atoms with van der Waals surface area (Å²) in [5, 5.41) is 16.4. The third kappa shape index (κ3) is 2.61. The molecule has 0 saturated heterocycles. The molecule has 2 rings (SSSR count). The fourth-order valence-electron chi connectivity index (χ4n) is 1.42. The Labute approximate surface area is 103 Å². The minimum atomic E-state index is -4.70. The zero-order valence-corrected chi connectivity index (χ0v) is 9.10. The summed E-state index contributed by atoms with van der Waals surface area (Å²) in [5.74, 6) is -0.248. The van der Waals surface area contributed by atoms with Crippen molar-refractivity contribution < 1.29 is 18.1 Å². The number of anilines is 1. The van der Waals surface area contributed by atoms with Gasteiger partial charge in [-0.2, -0.15) is 18.2 Å². The minimum Gasteiger partial charge on any atom is -0.366 e. The van der Waals surface area contributed by atoms with Crippen molar-refractivity contribution in [3.8, 4) is 11.4 Å². The van der Waals surface area contributed by atoms with Crippen LogP contribution in [-0.2, 0) is 6.18 Å². The van der Waals surface area contributed by atoms with E-state index >= 15 is 0 Å². The molecule has 1 heterocycles. The predicted molar refractivity (Wildman–Crippen MR) is 57.9 cm³/mol. The van der Waals surface area contributed by atoms with E-state index < -0.39 is 22.4 Å². The maximum atomic E-state index is 12.6. The number of nitrogens with zero attached hydrogens (tertiary/aromatic N) is 3. The fourth-order valence-corrected chi connectivity index (χ4v) is 1.42. The van der Waals surface area contributed by atoms with E-state index in [4.69, 9.17) is 5.73 Å². The lowest BCUT2D eigenvalue weighted by Crippen LogP contribution is -2.06. The van der Waals surface area contributed by atoms with Gasteiger partial charge in [-0.1, -0.05) is 0 Å². The second-order valence-corrected chi connectivity index (χ2v) is 3.57. The van der Waals surface area contributed by atoms with Crippen molar-refractivity contribution in [3.05, 3.63) is 33.9 Å². The zero-order valence-electron chi connectivity index (χ0n) is 9.10. The van der Waals surface area contributed by atoms with Crippen LogP contribution in [0.4, 0.5) is 24.8 Å². The number of nitro benzene ring substituents is 1. The number of nitro groups is 1. The largest absolute Gasteiger partial charge is 0.416 e. The first-order chi connectivity index (χ1) is 8.77. The molecule has 1 aromatic carbocycles. The molecule has 3 N–H and O–H groups in total. The summed E-state index contributed by atoms with van der Waals surface area (Å²) in [5.41, 5.74) is 3.27. The van der Waals surface area contributed by atoms with Crippen molar-refractivity contribution in [2.45, 2.75) is 6.18 Å². The van der Waals surface area contributed by atoms with Gasteiger partial charge in [0, 0.05) is 17.7 Å². The smallest absolute Gasteiger partial charge is 0.366 e. The minimum absolute atomic E-state index is 0.0771. The summed E-state index contributed by atoms with van der Waals surface area (Å²) in [6.07, 6.45) is -4.70. The third-order valence-corrected chi connectivity index (χ3v) is 2.23. The standard InChI is InChI=1S/C9H6F3N5O2/c10-9(11,12)5-1-4(2-6(3-5)17(18)19)7-14-8(13)16-15-7/h1-3H,(H3,13,14,15,16). The van der Waals surface area contributed by atoms with Gasteiger partial charge in [-0.25, -0.2) is 0 Å². The van der Waals surface area contributed by atoms with E-state index in [1.165, 1.54) is 0 Å². The van der Waals surface area contributed by atoms with E-state index in [1.807, 2.05) is 0 Å². The first-order valence-corrected chi connectivity index (χ1v) is 4.82. The number of nitrogens with one attached hydrogen (secondary N) is 1. The van der Waals surface area contributed by atoms with Gasteiger partial charge in [0.15, 0.2) is 5.82 Å². The highest BCUT2D eigenvalue weighted by atomic mass is 19.4. The molecule has 0 atom stereocenters. The highest BCUT2D eigenvalue weighted by Crippen LogP contribution is 2.34. The Bertz CT molecular complexity index is 637. The Hall–Kier alpha value is -2.65. The molecule has 0 aliphatic rings. The summed E-state index contributed by atoms with van der Waals surface area (Å²) in [6.45, 7) is 0. The van der Waals surface area contributed by atoms with Gasteiger partial charge in [0.1, 0.15) is 0 Å². The Morgan fingerprint density at radius 1 is 1.32 bits per heavy atom. The molecular formula is C9H6F3N5O2. The highest BCUT2D eigenvalue weighted by molar-refractivity contribution is 5.61. The normalized spacial score (nSPS) is 11.5. The average molecular weight is 273 g/mol. The Balaban J connectivity index is 2.61. The second kappa shape index (κ2) is 4.23. The number of halogens is 3. The average Bonchev–Trinajstić information content (AvgIpc) is 2.74. The quantitative estimate of drug-likeness (QED) is 0.642. The van der Waals surface area contributed by atoms with Gasteiger partial charge in [-0.3, -0.25) is 15.2 Å². The lowest BCUT2D eigenvalue weighted by molar-refractivity contribution is -0.385. The molecular weight excluding hydrogens is 267 g/mol. The van der Waals surface area contributed by atoms with E-state index in [1.54, 1.807) is 0 Å². The summed E-state index contributed by atoms with van der Waals surface area (Å²) >= 11 is 0. The molecule has 0 saturated carbocycles. The van der Waals surface area contributed by atoms with Crippen LogP contribution in [0.25, 0.3) is 11.4 Å². The number of hydrogen-bond acceptors (Lipinski definition) is 5. The molecule has 0 bridgehead atoms. The van der Waals surface area contributed by atoms with Gasteiger partial charge >= 0.3 is 6.18 Å². The number of alkyl halides is 3. The topological polar surface area (TPSA) is 111 Å². The van der Waals surface area contributed by atoms with Crippen molar-refractivity contribution in [3.63, 3.8) is 0 Å². The molecule has 0 spiro atoms.